The standard InChI is InChI=1S/C15H17NO3/c1-12(17)7-6-10-14(11-15(18)19)16(2)13-8-4-3-5-9-13/h3-10H,11H2,1-2H3,(H,18,19)/b7-6+,14-10-. The molecule has 1 aromatic rings. The molecule has 0 saturated heterocycles. The van der Waals surface area contributed by atoms with Gasteiger partial charge in [0.05, 0.1) is 6.42 Å². The number of aliphatic carboxylic acids is 1. The quantitative estimate of drug-likeness (QED) is 0.630. The van der Waals surface area contributed by atoms with Gasteiger partial charge in [-0.3, -0.25) is 9.59 Å². The Morgan fingerprint density at radius 1 is 1.26 bits per heavy atom. The Morgan fingerprint density at radius 2 is 1.89 bits per heavy atom. The molecule has 0 saturated carbocycles. The molecule has 0 amide bonds. The van der Waals surface area contributed by atoms with Crippen molar-refractivity contribution in [2.45, 2.75) is 13.3 Å². The summed E-state index contributed by atoms with van der Waals surface area (Å²) in [6, 6.07) is 9.45. The van der Waals surface area contributed by atoms with E-state index in [-0.39, 0.29) is 12.2 Å². The van der Waals surface area contributed by atoms with E-state index in [1.807, 2.05) is 30.3 Å². The Bertz CT molecular complexity index is 503. The topological polar surface area (TPSA) is 57.6 Å². The van der Waals surface area contributed by atoms with Gasteiger partial charge in [0, 0.05) is 18.4 Å². The molecule has 0 heterocycles. The summed E-state index contributed by atoms with van der Waals surface area (Å²) in [6.45, 7) is 1.45. The highest BCUT2D eigenvalue weighted by atomic mass is 16.4. The number of carbonyl (C=O) groups is 2. The number of rotatable bonds is 6. The molecule has 4 heteroatoms. The second kappa shape index (κ2) is 7.16. The summed E-state index contributed by atoms with van der Waals surface area (Å²) < 4.78 is 0. The zero-order valence-corrected chi connectivity index (χ0v) is 11.0. The Morgan fingerprint density at radius 3 is 2.42 bits per heavy atom. The van der Waals surface area contributed by atoms with Crippen LogP contribution in [0.4, 0.5) is 5.69 Å². The minimum Gasteiger partial charge on any atom is -0.481 e. The van der Waals surface area contributed by atoms with Gasteiger partial charge in [-0.15, -0.1) is 0 Å². The molecule has 0 bridgehead atoms. The number of carboxylic acid groups (broad SMARTS) is 1. The summed E-state index contributed by atoms with van der Waals surface area (Å²) in [5.74, 6) is -0.987. The van der Waals surface area contributed by atoms with Crippen LogP contribution in [0.25, 0.3) is 0 Å². The molecule has 100 valence electrons. The number of nitrogens with zero attached hydrogens (tertiary/aromatic N) is 1. The number of anilines is 1. The maximum Gasteiger partial charge on any atom is 0.309 e. The van der Waals surface area contributed by atoms with Crippen molar-refractivity contribution in [2.24, 2.45) is 0 Å². The average Bonchev–Trinajstić information content (AvgIpc) is 2.37. The lowest BCUT2D eigenvalue weighted by Crippen LogP contribution is -2.18. The molecule has 0 aliphatic rings. The highest BCUT2D eigenvalue weighted by Crippen LogP contribution is 2.18. The molecular weight excluding hydrogens is 242 g/mol. The highest BCUT2D eigenvalue weighted by molar-refractivity contribution is 5.87. The first-order valence-corrected chi connectivity index (χ1v) is 5.89. The van der Waals surface area contributed by atoms with Gasteiger partial charge in [-0.1, -0.05) is 24.3 Å². The van der Waals surface area contributed by atoms with Crippen LogP contribution in [-0.2, 0) is 9.59 Å². The third kappa shape index (κ3) is 5.21. The predicted molar refractivity (Wildman–Crippen MR) is 75.0 cm³/mol. The molecule has 1 rings (SSSR count). The van der Waals surface area contributed by atoms with Gasteiger partial charge >= 0.3 is 5.97 Å². The average molecular weight is 259 g/mol. The Balaban J connectivity index is 2.96. The van der Waals surface area contributed by atoms with Gasteiger partial charge in [-0.25, -0.2) is 0 Å². The highest BCUT2D eigenvalue weighted by Gasteiger charge is 2.09. The van der Waals surface area contributed by atoms with Gasteiger partial charge < -0.3 is 10.0 Å². The molecule has 0 spiro atoms. The van der Waals surface area contributed by atoms with Crippen LogP contribution in [-0.4, -0.2) is 23.9 Å². The fraction of sp³-hybridized carbons (Fsp3) is 0.200. The second-order valence-electron chi connectivity index (χ2n) is 4.09. The molecule has 0 aliphatic carbocycles. The summed E-state index contributed by atoms with van der Waals surface area (Å²) in [7, 11) is 1.80. The van der Waals surface area contributed by atoms with E-state index < -0.39 is 5.97 Å². The van der Waals surface area contributed by atoms with Crippen LogP contribution in [0.2, 0.25) is 0 Å². The van der Waals surface area contributed by atoms with Crippen LogP contribution < -0.4 is 4.90 Å². The van der Waals surface area contributed by atoms with Crippen molar-refractivity contribution >= 4 is 17.4 Å². The summed E-state index contributed by atoms with van der Waals surface area (Å²) in [5.41, 5.74) is 1.50. The van der Waals surface area contributed by atoms with Gasteiger partial charge in [0.15, 0.2) is 5.78 Å². The van der Waals surface area contributed by atoms with E-state index >= 15 is 0 Å². The van der Waals surface area contributed by atoms with Gasteiger partial charge in [0.1, 0.15) is 0 Å². The second-order valence-corrected chi connectivity index (χ2v) is 4.09. The van der Waals surface area contributed by atoms with Gasteiger partial charge in [-0.05, 0) is 31.2 Å². The molecule has 0 aliphatic heterocycles. The molecule has 1 aromatic carbocycles. The van der Waals surface area contributed by atoms with Crippen molar-refractivity contribution in [3.05, 3.63) is 54.3 Å². The zero-order chi connectivity index (χ0) is 14.3. The van der Waals surface area contributed by atoms with Gasteiger partial charge in [-0.2, -0.15) is 0 Å². The van der Waals surface area contributed by atoms with E-state index in [0.29, 0.717) is 5.70 Å². The molecule has 4 nitrogen and oxygen atoms in total. The number of ketones is 1. The van der Waals surface area contributed by atoms with Crippen molar-refractivity contribution in [1.29, 1.82) is 0 Å². The number of hydrogen-bond donors (Lipinski definition) is 1. The smallest absolute Gasteiger partial charge is 0.309 e. The number of para-hydroxylation sites is 1. The lowest BCUT2D eigenvalue weighted by Gasteiger charge is -2.21. The number of carboxylic acids is 1. The van der Waals surface area contributed by atoms with E-state index in [2.05, 4.69) is 0 Å². The SMILES string of the molecule is CC(=O)/C=C/C=C(/CC(=O)O)N(C)c1ccccc1. The van der Waals surface area contributed by atoms with Gasteiger partial charge in [0.25, 0.3) is 0 Å². The first-order chi connectivity index (χ1) is 9.00. The first kappa shape index (κ1) is 14.7. The minimum atomic E-state index is -0.912. The summed E-state index contributed by atoms with van der Waals surface area (Å²) in [5, 5.41) is 8.93. The lowest BCUT2D eigenvalue weighted by molar-refractivity contribution is -0.136. The van der Waals surface area contributed by atoms with Crippen LogP contribution in [0.1, 0.15) is 13.3 Å². The maximum absolute atomic E-state index is 10.9. The molecular formula is C15H17NO3. The number of hydrogen-bond acceptors (Lipinski definition) is 3. The number of benzene rings is 1. The third-order valence-corrected chi connectivity index (χ3v) is 2.53. The normalized spacial score (nSPS) is 11.6. The van der Waals surface area contributed by atoms with E-state index in [1.54, 1.807) is 24.1 Å². The first-order valence-electron chi connectivity index (χ1n) is 5.89. The summed E-state index contributed by atoms with van der Waals surface area (Å²) in [6.07, 6.45) is 4.51. The predicted octanol–water partition coefficient (Wildman–Crippen LogP) is 2.63. The largest absolute Gasteiger partial charge is 0.481 e. The molecule has 0 unspecified atom stereocenters. The number of carbonyl (C=O) groups excluding carboxylic acids is 1. The Labute approximate surface area is 112 Å². The summed E-state index contributed by atoms with van der Waals surface area (Å²) in [4.78, 5) is 23.5. The van der Waals surface area contributed by atoms with Crippen LogP contribution >= 0.6 is 0 Å². The fourth-order valence-electron chi connectivity index (χ4n) is 1.56. The molecule has 0 fully saturated rings. The van der Waals surface area contributed by atoms with Crippen molar-refractivity contribution in [3.8, 4) is 0 Å². The molecule has 1 N–H and O–H groups in total. The monoisotopic (exact) mass is 259 g/mol. The van der Waals surface area contributed by atoms with Gasteiger partial charge in [0.2, 0.25) is 0 Å². The zero-order valence-electron chi connectivity index (χ0n) is 11.0. The van der Waals surface area contributed by atoms with Crippen LogP contribution in [0.5, 0.6) is 0 Å². The van der Waals surface area contributed by atoms with E-state index in [9.17, 15) is 9.59 Å². The molecule has 0 atom stereocenters. The van der Waals surface area contributed by atoms with Crippen molar-refractivity contribution < 1.29 is 14.7 Å². The molecule has 19 heavy (non-hydrogen) atoms. The minimum absolute atomic E-state index is 0.0757. The summed E-state index contributed by atoms with van der Waals surface area (Å²) >= 11 is 0. The van der Waals surface area contributed by atoms with E-state index in [0.717, 1.165) is 5.69 Å². The van der Waals surface area contributed by atoms with Crippen molar-refractivity contribution in [1.82, 2.24) is 0 Å². The van der Waals surface area contributed by atoms with Crippen LogP contribution in [0.3, 0.4) is 0 Å². The van der Waals surface area contributed by atoms with Crippen LogP contribution in [0, 0.1) is 0 Å². The number of allylic oxidation sites excluding steroid dienone is 3. The van der Waals surface area contributed by atoms with Crippen molar-refractivity contribution in [3.63, 3.8) is 0 Å². The van der Waals surface area contributed by atoms with Crippen LogP contribution in [0.15, 0.2) is 54.3 Å². The van der Waals surface area contributed by atoms with Crippen molar-refractivity contribution in [2.75, 3.05) is 11.9 Å². The lowest BCUT2D eigenvalue weighted by atomic mass is 10.2. The molecule has 0 radical (unpaired) electrons. The maximum atomic E-state index is 10.9. The molecule has 0 aromatic heterocycles. The Hall–Kier alpha value is -2.36. The third-order valence-electron chi connectivity index (χ3n) is 2.53. The van der Waals surface area contributed by atoms with E-state index in [1.165, 1.54) is 13.0 Å². The van der Waals surface area contributed by atoms with E-state index in [4.69, 9.17) is 5.11 Å². The Kier molecular flexibility index (Phi) is 5.54. The fourth-order valence-corrected chi connectivity index (χ4v) is 1.56.